The third kappa shape index (κ3) is 6.01. The van der Waals surface area contributed by atoms with Crippen molar-refractivity contribution >= 4 is 12.0 Å². The largest absolute Gasteiger partial charge is 0.474 e. The van der Waals surface area contributed by atoms with E-state index in [2.05, 4.69) is 4.98 Å². The third-order valence-corrected chi connectivity index (χ3v) is 6.98. The number of piperidine rings is 1. The van der Waals surface area contributed by atoms with Gasteiger partial charge in [0.2, 0.25) is 5.88 Å². The van der Waals surface area contributed by atoms with Gasteiger partial charge in [-0.05, 0) is 78.2 Å². The van der Waals surface area contributed by atoms with Crippen molar-refractivity contribution in [3.8, 4) is 5.88 Å². The molecule has 4 rings (SSSR count). The van der Waals surface area contributed by atoms with E-state index in [4.69, 9.17) is 14.2 Å². The van der Waals surface area contributed by atoms with Crippen LogP contribution in [0.1, 0.15) is 82.5 Å². The zero-order valence-electron chi connectivity index (χ0n) is 21.2. The Morgan fingerprint density at radius 1 is 0.941 bits per heavy atom. The number of ether oxygens (including phenoxy) is 3. The highest BCUT2D eigenvalue weighted by molar-refractivity contribution is 5.93. The van der Waals surface area contributed by atoms with Gasteiger partial charge in [0.25, 0.3) is 5.91 Å². The van der Waals surface area contributed by atoms with Crippen molar-refractivity contribution in [1.29, 1.82) is 0 Å². The van der Waals surface area contributed by atoms with Crippen LogP contribution in [0.2, 0.25) is 0 Å². The Kier molecular flexibility index (Phi) is 7.36. The molecule has 2 bridgehead atoms. The summed E-state index contributed by atoms with van der Waals surface area (Å²) in [5.74, 6) is 0.493. The van der Waals surface area contributed by atoms with Crippen molar-refractivity contribution < 1.29 is 23.8 Å². The molecule has 0 N–H and O–H groups in total. The molecule has 3 atom stereocenters. The summed E-state index contributed by atoms with van der Waals surface area (Å²) >= 11 is 0. The van der Waals surface area contributed by atoms with Gasteiger partial charge in [0.05, 0.1) is 17.8 Å². The summed E-state index contributed by atoms with van der Waals surface area (Å²) in [6.07, 6.45) is 9.61. The zero-order chi connectivity index (χ0) is 24.5. The Bertz CT molecular complexity index is 844. The van der Waals surface area contributed by atoms with E-state index >= 15 is 0 Å². The summed E-state index contributed by atoms with van der Waals surface area (Å²) in [7, 11) is 3.45. The predicted molar refractivity (Wildman–Crippen MR) is 128 cm³/mol. The summed E-state index contributed by atoms with van der Waals surface area (Å²) in [5, 5.41) is 0. The molecular formula is C26H39N3O5. The van der Waals surface area contributed by atoms with Crippen molar-refractivity contribution in [2.45, 2.75) is 108 Å². The summed E-state index contributed by atoms with van der Waals surface area (Å²) < 4.78 is 18.2. The highest BCUT2D eigenvalue weighted by Crippen LogP contribution is 2.39. The summed E-state index contributed by atoms with van der Waals surface area (Å²) in [4.78, 5) is 32.5. The number of rotatable bonds is 5. The van der Waals surface area contributed by atoms with Gasteiger partial charge in [-0.25, -0.2) is 9.78 Å². The van der Waals surface area contributed by atoms with Gasteiger partial charge in [-0.3, -0.25) is 4.79 Å². The van der Waals surface area contributed by atoms with Crippen LogP contribution in [0.5, 0.6) is 5.88 Å². The molecule has 8 heteroatoms. The summed E-state index contributed by atoms with van der Waals surface area (Å²) in [5.41, 5.74) is 0.0901. The maximum Gasteiger partial charge on any atom is 0.410 e. The van der Waals surface area contributed by atoms with Gasteiger partial charge < -0.3 is 24.0 Å². The molecule has 3 aliphatic rings. The first-order valence-electron chi connectivity index (χ1n) is 12.6. The van der Waals surface area contributed by atoms with Crippen molar-refractivity contribution in [3.63, 3.8) is 0 Å². The van der Waals surface area contributed by atoms with Crippen molar-refractivity contribution in [2.24, 2.45) is 0 Å². The van der Waals surface area contributed by atoms with E-state index in [1.54, 1.807) is 32.4 Å². The van der Waals surface area contributed by atoms with E-state index in [1.165, 1.54) is 4.90 Å². The van der Waals surface area contributed by atoms with Gasteiger partial charge in [0, 0.05) is 38.4 Å². The fraction of sp³-hybridized carbons (Fsp3) is 0.731. The van der Waals surface area contributed by atoms with Crippen molar-refractivity contribution in [3.05, 3.63) is 23.9 Å². The molecule has 1 aromatic rings. The van der Waals surface area contributed by atoms with E-state index in [1.807, 2.05) is 25.7 Å². The quantitative estimate of drug-likeness (QED) is 0.630. The molecule has 1 saturated carbocycles. The first-order chi connectivity index (χ1) is 16.1. The fourth-order valence-corrected chi connectivity index (χ4v) is 5.41. The second-order valence-corrected chi connectivity index (χ2v) is 11.1. The highest BCUT2D eigenvalue weighted by Gasteiger charge is 2.45. The van der Waals surface area contributed by atoms with E-state index in [0.717, 1.165) is 51.4 Å². The number of amides is 2. The first-order valence-corrected chi connectivity index (χ1v) is 12.6. The lowest BCUT2D eigenvalue weighted by Crippen LogP contribution is -2.50. The average Bonchev–Trinajstić information content (AvgIpc) is 3.05. The Morgan fingerprint density at radius 3 is 2.09 bits per heavy atom. The molecule has 1 aliphatic carbocycles. The van der Waals surface area contributed by atoms with Gasteiger partial charge in [-0.2, -0.15) is 0 Å². The predicted octanol–water partition coefficient (Wildman–Crippen LogP) is 4.42. The van der Waals surface area contributed by atoms with Crippen molar-refractivity contribution in [1.82, 2.24) is 14.8 Å². The highest BCUT2D eigenvalue weighted by atomic mass is 16.6. The van der Waals surface area contributed by atoms with Crippen LogP contribution >= 0.6 is 0 Å². The van der Waals surface area contributed by atoms with Gasteiger partial charge in [0.15, 0.2) is 0 Å². The van der Waals surface area contributed by atoms with Gasteiger partial charge in [-0.15, -0.1) is 0 Å². The molecule has 3 fully saturated rings. The van der Waals surface area contributed by atoms with E-state index in [-0.39, 0.29) is 42.4 Å². The zero-order valence-corrected chi connectivity index (χ0v) is 21.2. The van der Waals surface area contributed by atoms with Gasteiger partial charge in [-0.1, -0.05) is 0 Å². The molecule has 0 spiro atoms. The smallest absolute Gasteiger partial charge is 0.410 e. The molecule has 2 saturated heterocycles. The van der Waals surface area contributed by atoms with Crippen molar-refractivity contribution in [2.75, 3.05) is 14.1 Å². The molecule has 1 unspecified atom stereocenters. The molecule has 34 heavy (non-hydrogen) atoms. The monoisotopic (exact) mass is 473 g/mol. The number of fused-ring (bicyclic) bond motifs is 2. The first kappa shape index (κ1) is 24.8. The van der Waals surface area contributed by atoms with E-state index in [0.29, 0.717) is 11.4 Å². The molecule has 2 amide bonds. The maximum absolute atomic E-state index is 12.7. The normalized spacial score (nSPS) is 29.0. The second-order valence-electron chi connectivity index (χ2n) is 11.1. The second kappa shape index (κ2) is 10.1. The number of aromatic nitrogens is 1. The third-order valence-electron chi connectivity index (χ3n) is 6.98. The Hall–Kier alpha value is -2.35. The number of carbonyl (C=O) groups excluding carboxylic acids is 2. The lowest BCUT2D eigenvalue weighted by atomic mass is 9.93. The lowest BCUT2D eigenvalue weighted by molar-refractivity contribution is -0.0814. The SMILES string of the molecule is CN(C)C(=O)c1ccc(OC2CCC(OC3C[C@H]4CC[C@@H](C3)N4C(=O)OC(C)(C)C)CC2)nc1. The number of nitrogens with zero attached hydrogens (tertiary/aromatic N) is 3. The molecule has 0 aromatic carbocycles. The minimum atomic E-state index is -0.466. The molecule has 8 nitrogen and oxygen atoms in total. The average molecular weight is 474 g/mol. The van der Waals surface area contributed by atoms with Crippen LogP contribution in [-0.4, -0.2) is 76.9 Å². The van der Waals surface area contributed by atoms with E-state index < -0.39 is 5.60 Å². The van der Waals surface area contributed by atoms with Crippen LogP contribution in [0.4, 0.5) is 4.79 Å². The summed E-state index contributed by atoms with van der Waals surface area (Å²) in [6.45, 7) is 5.75. The number of hydrogen-bond donors (Lipinski definition) is 0. The maximum atomic E-state index is 12.7. The van der Waals surface area contributed by atoms with Crippen LogP contribution in [0.25, 0.3) is 0 Å². The molecular weight excluding hydrogens is 434 g/mol. The summed E-state index contributed by atoms with van der Waals surface area (Å²) in [6, 6.07) is 3.99. The minimum absolute atomic E-state index is 0.0675. The van der Waals surface area contributed by atoms with Crippen LogP contribution in [0.15, 0.2) is 18.3 Å². The Labute approximate surface area is 202 Å². The number of pyridine rings is 1. The van der Waals surface area contributed by atoms with Crippen LogP contribution in [-0.2, 0) is 9.47 Å². The minimum Gasteiger partial charge on any atom is -0.474 e. The topological polar surface area (TPSA) is 81.2 Å². The lowest BCUT2D eigenvalue weighted by Gasteiger charge is -2.41. The Morgan fingerprint density at radius 2 is 1.56 bits per heavy atom. The Balaban J connectivity index is 1.22. The fourth-order valence-electron chi connectivity index (χ4n) is 5.41. The number of hydrogen-bond acceptors (Lipinski definition) is 6. The van der Waals surface area contributed by atoms with E-state index in [9.17, 15) is 9.59 Å². The molecule has 1 aromatic heterocycles. The van der Waals surface area contributed by atoms with Crippen LogP contribution in [0, 0.1) is 0 Å². The van der Waals surface area contributed by atoms with Crippen LogP contribution in [0.3, 0.4) is 0 Å². The molecule has 2 aliphatic heterocycles. The van der Waals surface area contributed by atoms with Gasteiger partial charge in [0.1, 0.15) is 11.7 Å². The molecule has 0 radical (unpaired) electrons. The molecule has 188 valence electrons. The molecule has 3 heterocycles. The van der Waals surface area contributed by atoms with Crippen LogP contribution < -0.4 is 4.74 Å². The number of carbonyl (C=O) groups is 2. The standard InChI is InChI=1S/C26H39N3O5/c1-26(2,3)34-25(31)29-18-7-8-19(29)15-22(14-18)32-20-9-11-21(12-10-20)33-23-13-6-17(16-27-23)24(30)28(4)5/h6,13,16,18-22H,7-12,14-15H2,1-5H3/t18-,19+,20?,21?,22?. The van der Waals surface area contributed by atoms with Gasteiger partial charge >= 0.3 is 6.09 Å².